The SMILES string of the molecule is NC(=O)C1Cc2ccccc2CN1S(=O)(=O)c1ccc(Cl)nc1. The Bertz CT molecular complexity index is 853. The summed E-state index contributed by atoms with van der Waals surface area (Å²) in [4.78, 5) is 15.6. The fourth-order valence-electron chi connectivity index (χ4n) is 2.64. The van der Waals surface area contributed by atoms with Crippen molar-refractivity contribution >= 4 is 27.5 Å². The number of nitrogens with zero attached hydrogens (tertiary/aromatic N) is 2. The molecule has 3 rings (SSSR count). The minimum atomic E-state index is -3.90. The number of rotatable bonds is 3. The van der Waals surface area contributed by atoms with E-state index in [1.165, 1.54) is 18.3 Å². The highest BCUT2D eigenvalue weighted by atomic mass is 35.5. The molecule has 1 aliphatic rings. The van der Waals surface area contributed by atoms with Gasteiger partial charge in [0.15, 0.2) is 0 Å². The van der Waals surface area contributed by atoms with Crippen LogP contribution in [0.25, 0.3) is 0 Å². The number of pyridine rings is 1. The number of primary amides is 1. The van der Waals surface area contributed by atoms with E-state index in [2.05, 4.69) is 4.98 Å². The zero-order valence-electron chi connectivity index (χ0n) is 12.0. The quantitative estimate of drug-likeness (QED) is 0.844. The van der Waals surface area contributed by atoms with E-state index < -0.39 is 22.0 Å². The van der Waals surface area contributed by atoms with Crippen LogP contribution in [0.4, 0.5) is 0 Å². The van der Waals surface area contributed by atoms with Crippen molar-refractivity contribution < 1.29 is 13.2 Å². The molecule has 1 unspecified atom stereocenters. The Morgan fingerprint density at radius 3 is 2.52 bits per heavy atom. The molecule has 1 atom stereocenters. The van der Waals surface area contributed by atoms with Gasteiger partial charge in [0.05, 0.1) is 0 Å². The van der Waals surface area contributed by atoms with Crippen molar-refractivity contribution in [2.45, 2.75) is 23.9 Å². The summed E-state index contributed by atoms with van der Waals surface area (Å²) in [6.45, 7) is 0.0920. The third-order valence-corrected chi connectivity index (χ3v) is 5.90. The Balaban J connectivity index is 2.05. The average Bonchev–Trinajstić information content (AvgIpc) is 2.54. The molecule has 0 bridgehead atoms. The molecule has 2 N–H and O–H groups in total. The van der Waals surface area contributed by atoms with Crippen molar-refractivity contribution in [1.29, 1.82) is 0 Å². The molecule has 1 aromatic heterocycles. The van der Waals surface area contributed by atoms with Crippen LogP contribution >= 0.6 is 11.6 Å². The van der Waals surface area contributed by atoms with Gasteiger partial charge < -0.3 is 5.73 Å². The number of hydrogen-bond acceptors (Lipinski definition) is 4. The van der Waals surface area contributed by atoms with E-state index >= 15 is 0 Å². The van der Waals surface area contributed by atoms with Crippen LogP contribution in [0.15, 0.2) is 47.5 Å². The minimum absolute atomic E-state index is 0.0208. The molecule has 2 heterocycles. The fraction of sp³-hybridized carbons (Fsp3) is 0.200. The zero-order chi connectivity index (χ0) is 16.6. The zero-order valence-corrected chi connectivity index (χ0v) is 13.6. The number of fused-ring (bicyclic) bond motifs is 1. The second-order valence-corrected chi connectivity index (χ2v) is 7.54. The van der Waals surface area contributed by atoms with E-state index in [1.807, 2.05) is 24.3 Å². The summed E-state index contributed by atoms with van der Waals surface area (Å²) in [6.07, 6.45) is 1.43. The van der Waals surface area contributed by atoms with Crippen LogP contribution in [-0.4, -0.2) is 29.7 Å². The Morgan fingerprint density at radius 2 is 1.91 bits per heavy atom. The lowest BCUT2D eigenvalue weighted by atomic mass is 9.96. The Hall–Kier alpha value is -1.96. The van der Waals surface area contributed by atoms with Crippen LogP contribution in [0.3, 0.4) is 0 Å². The smallest absolute Gasteiger partial charge is 0.245 e. The maximum atomic E-state index is 12.9. The van der Waals surface area contributed by atoms with Crippen LogP contribution in [0, 0.1) is 0 Å². The lowest BCUT2D eigenvalue weighted by Gasteiger charge is -2.33. The lowest BCUT2D eigenvalue weighted by molar-refractivity contribution is -0.122. The van der Waals surface area contributed by atoms with E-state index in [0.717, 1.165) is 15.4 Å². The average molecular weight is 352 g/mol. The second kappa shape index (κ2) is 5.92. The van der Waals surface area contributed by atoms with Crippen molar-refractivity contribution in [3.05, 3.63) is 58.9 Å². The van der Waals surface area contributed by atoms with Gasteiger partial charge in [0, 0.05) is 12.7 Å². The molecule has 0 aliphatic carbocycles. The Kier molecular flexibility index (Phi) is 4.09. The molecule has 0 spiro atoms. The largest absolute Gasteiger partial charge is 0.368 e. The number of carbonyl (C=O) groups excluding carboxylic acids is 1. The first-order valence-corrected chi connectivity index (χ1v) is 8.71. The first-order valence-electron chi connectivity index (χ1n) is 6.89. The van der Waals surface area contributed by atoms with Gasteiger partial charge in [-0.15, -0.1) is 0 Å². The van der Waals surface area contributed by atoms with Gasteiger partial charge >= 0.3 is 0 Å². The summed E-state index contributed by atoms with van der Waals surface area (Å²) in [7, 11) is -3.90. The van der Waals surface area contributed by atoms with E-state index in [0.29, 0.717) is 0 Å². The molecule has 6 nitrogen and oxygen atoms in total. The minimum Gasteiger partial charge on any atom is -0.368 e. The first kappa shape index (κ1) is 15.9. The summed E-state index contributed by atoms with van der Waals surface area (Å²) < 4.78 is 26.8. The molecule has 0 saturated heterocycles. The van der Waals surface area contributed by atoms with E-state index in [9.17, 15) is 13.2 Å². The maximum absolute atomic E-state index is 12.9. The first-order chi connectivity index (χ1) is 10.9. The molecular formula is C15H14ClN3O3S. The van der Waals surface area contributed by atoms with E-state index in [-0.39, 0.29) is 23.0 Å². The molecule has 2 aromatic rings. The van der Waals surface area contributed by atoms with Crippen molar-refractivity contribution in [3.63, 3.8) is 0 Å². The van der Waals surface area contributed by atoms with Gasteiger partial charge in [-0.05, 0) is 29.7 Å². The third kappa shape index (κ3) is 2.95. The number of aromatic nitrogens is 1. The fourth-order valence-corrected chi connectivity index (χ4v) is 4.28. The lowest BCUT2D eigenvalue weighted by Crippen LogP contribution is -2.51. The van der Waals surface area contributed by atoms with Gasteiger partial charge in [-0.25, -0.2) is 13.4 Å². The van der Waals surface area contributed by atoms with Crippen molar-refractivity contribution in [2.24, 2.45) is 5.73 Å². The molecule has 1 aromatic carbocycles. The second-order valence-electron chi connectivity index (χ2n) is 5.26. The summed E-state index contributed by atoms with van der Waals surface area (Å²) in [5.74, 6) is -0.676. The summed E-state index contributed by atoms with van der Waals surface area (Å²) in [5, 5.41) is 0.194. The molecule has 1 aliphatic heterocycles. The van der Waals surface area contributed by atoms with Crippen LogP contribution in [0.5, 0.6) is 0 Å². The molecule has 1 amide bonds. The molecular weight excluding hydrogens is 338 g/mol. The molecule has 8 heteroatoms. The van der Waals surface area contributed by atoms with E-state index in [4.69, 9.17) is 17.3 Å². The van der Waals surface area contributed by atoms with Crippen LogP contribution in [0.1, 0.15) is 11.1 Å². The third-order valence-electron chi connectivity index (χ3n) is 3.84. The molecule has 0 fully saturated rings. The summed E-state index contributed by atoms with van der Waals surface area (Å²) in [5.41, 5.74) is 7.22. The highest BCUT2D eigenvalue weighted by molar-refractivity contribution is 7.89. The van der Waals surface area contributed by atoms with Gasteiger partial charge in [-0.3, -0.25) is 4.79 Å². The molecule has 120 valence electrons. The van der Waals surface area contributed by atoms with Crippen molar-refractivity contribution in [2.75, 3.05) is 0 Å². The standard InChI is InChI=1S/C15H14ClN3O3S/c16-14-6-5-12(8-18-14)23(21,22)19-9-11-4-2-1-3-10(11)7-13(19)15(17)20/h1-6,8,13H,7,9H2,(H2,17,20). The monoisotopic (exact) mass is 351 g/mol. The highest BCUT2D eigenvalue weighted by Crippen LogP contribution is 2.29. The number of halogens is 1. The number of carbonyl (C=O) groups is 1. The van der Waals surface area contributed by atoms with Gasteiger partial charge in [0.2, 0.25) is 15.9 Å². The van der Waals surface area contributed by atoms with Gasteiger partial charge in [0.25, 0.3) is 0 Å². The highest BCUT2D eigenvalue weighted by Gasteiger charge is 2.38. The van der Waals surface area contributed by atoms with Crippen molar-refractivity contribution in [1.82, 2.24) is 9.29 Å². The Morgan fingerprint density at radius 1 is 1.22 bits per heavy atom. The van der Waals surface area contributed by atoms with E-state index in [1.54, 1.807) is 0 Å². The summed E-state index contributed by atoms with van der Waals surface area (Å²) >= 11 is 5.70. The van der Waals surface area contributed by atoms with Crippen LogP contribution in [0.2, 0.25) is 5.15 Å². The maximum Gasteiger partial charge on any atom is 0.245 e. The number of sulfonamides is 1. The normalized spacial score (nSPS) is 18.4. The van der Waals surface area contributed by atoms with Crippen LogP contribution < -0.4 is 5.73 Å². The van der Waals surface area contributed by atoms with Crippen molar-refractivity contribution in [3.8, 4) is 0 Å². The number of amides is 1. The van der Waals surface area contributed by atoms with Crippen LogP contribution in [-0.2, 0) is 27.8 Å². The number of nitrogens with two attached hydrogens (primary N) is 1. The number of hydrogen-bond donors (Lipinski definition) is 1. The molecule has 0 saturated carbocycles. The Labute approximate surface area is 138 Å². The molecule has 0 radical (unpaired) electrons. The summed E-state index contributed by atoms with van der Waals surface area (Å²) in [6, 6.07) is 9.23. The van der Waals surface area contributed by atoms with Gasteiger partial charge in [-0.2, -0.15) is 4.31 Å². The number of benzene rings is 1. The topological polar surface area (TPSA) is 93.4 Å². The predicted octanol–water partition coefficient (Wildman–Crippen LogP) is 1.34. The molecule has 23 heavy (non-hydrogen) atoms. The predicted molar refractivity (Wildman–Crippen MR) is 85.1 cm³/mol. The van der Waals surface area contributed by atoms with Gasteiger partial charge in [-0.1, -0.05) is 35.9 Å². The van der Waals surface area contributed by atoms with Gasteiger partial charge in [0.1, 0.15) is 16.1 Å².